The number of H-pyrrole nitrogens is 1. The number of pyridine rings is 1. The number of amides is 1. The van der Waals surface area contributed by atoms with E-state index in [0.717, 1.165) is 37.6 Å². The van der Waals surface area contributed by atoms with Crippen LogP contribution in [0.25, 0.3) is 0 Å². The highest BCUT2D eigenvalue weighted by molar-refractivity contribution is 5.79. The molecule has 1 aromatic heterocycles. The predicted molar refractivity (Wildman–Crippen MR) is 98.5 cm³/mol. The zero-order valence-electron chi connectivity index (χ0n) is 15.2. The summed E-state index contributed by atoms with van der Waals surface area (Å²) in [5.74, 6) is 0.979. The van der Waals surface area contributed by atoms with Gasteiger partial charge < -0.3 is 10.2 Å². The fraction of sp³-hybridized carbons (Fsp3) is 0.400. The normalized spacial score (nSPS) is 16.3. The maximum absolute atomic E-state index is 12.9. The summed E-state index contributed by atoms with van der Waals surface area (Å²) in [5.41, 5.74) is 1.03. The maximum Gasteiger partial charge on any atom is 0.278 e. The van der Waals surface area contributed by atoms with E-state index in [4.69, 9.17) is 0 Å². The summed E-state index contributed by atoms with van der Waals surface area (Å²) in [6.07, 6.45) is 2.65. The number of hydrogen-bond donors (Lipinski definition) is 2. The summed E-state index contributed by atoms with van der Waals surface area (Å²) in [4.78, 5) is 19.3. The van der Waals surface area contributed by atoms with Crippen LogP contribution in [0.5, 0.6) is 0 Å². The molecule has 0 bridgehead atoms. The Bertz CT molecular complexity index is 700. The average molecular weight is 358 g/mol. The van der Waals surface area contributed by atoms with Gasteiger partial charge in [-0.3, -0.25) is 9.69 Å². The standard InChI is InChI=1S/C20H25FN4O/c1-16(20(26)23-11-9-17-5-7-18(21)8-6-17)24-12-14-25(15-13-24)19-4-2-3-10-22-19/h2-8,10,16H,9,11-15H2,1H3,(H,23,26)/p+2/t16-/m1/s1. The number of carbonyl (C=O) groups excluding carboxylic acids is 1. The van der Waals surface area contributed by atoms with Crippen molar-refractivity contribution < 1.29 is 19.1 Å². The molecule has 6 heteroatoms. The summed E-state index contributed by atoms with van der Waals surface area (Å²) < 4.78 is 12.9. The Kier molecular flexibility index (Phi) is 6.17. The third kappa shape index (κ3) is 4.79. The highest BCUT2D eigenvalue weighted by Crippen LogP contribution is 2.05. The molecule has 0 aliphatic carbocycles. The van der Waals surface area contributed by atoms with Crippen LogP contribution in [0, 0.1) is 5.82 Å². The summed E-state index contributed by atoms with van der Waals surface area (Å²) >= 11 is 0. The van der Waals surface area contributed by atoms with Gasteiger partial charge in [-0.15, -0.1) is 0 Å². The predicted octanol–water partition coefficient (Wildman–Crippen LogP) is 0.0921. The summed E-state index contributed by atoms with van der Waals surface area (Å²) in [6.45, 7) is 6.32. The molecule has 0 spiro atoms. The Hall–Kier alpha value is -2.47. The number of carbonyl (C=O) groups is 1. The van der Waals surface area contributed by atoms with Crippen LogP contribution in [0.3, 0.4) is 0 Å². The van der Waals surface area contributed by atoms with E-state index in [2.05, 4.69) is 21.3 Å². The zero-order chi connectivity index (χ0) is 18.4. The number of anilines is 1. The number of quaternary nitrogens is 1. The molecule has 1 amide bonds. The Morgan fingerprint density at radius 1 is 1.23 bits per heavy atom. The van der Waals surface area contributed by atoms with Gasteiger partial charge in [-0.1, -0.05) is 18.2 Å². The number of aromatic nitrogens is 1. The second-order valence-corrected chi connectivity index (χ2v) is 6.78. The van der Waals surface area contributed by atoms with Crippen molar-refractivity contribution in [2.24, 2.45) is 0 Å². The van der Waals surface area contributed by atoms with Crippen LogP contribution in [-0.2, 0) is 11.2 Å². The van der Waals surface area contributed by atoms with Crippen LogP contribution < -0.4 is 20.1 Å². The molecule has 2 aromatic rings. The van der Waals surface area contributed by atoms with Crippen molar-refractivity contribution in [1.82, 2.24) is 5.32 Å². The van der Waals surface area contributed by atoms with E-state index in [0.29, 0.717) is 13.0 Å². The van der Waals surface area contributed by atoms with Gasteiger partial charge in [0, 0.05) is 12.6 Å². The van der Waals surface area contributed by atoms with Crippen molar-refractivity contribution in [1.29, 1.82) is 0 Å². The first-order chi connectivity index (χ1) is 12.6. The Morgan fingerprint density at radius 3 is 2.62 bits per heavy atom. The van der Waals surface area contributed by atoms with Gasteiger partial charge in [-0.2, -0.15) is 0 Å². The molecule has 0 unspecified atom stereocenters. The lowest BCUT2D eigenvalue weighted by Gasteiger charge is -2.31. The first kappa shape index (κ1) is 18.3. The quantitative estimate of drug-likeness (QED) is 0.769. The molecule has 1 saturated heterocycles. The van der Waals surface area contributed by atoms with Gasteiger partial charge in [-0.05, 0) is 37.1 Å². The molecule has 5 nitrogen and oxygen atoms in total. The molecule has 138 valence electrons. The van der Waals surface area contributed by atoms with Crippen LogP contribution in [0.1, 0.15) is 12.5 Å². The molecule has 0 saturated carbocycles. The minimum Gasteiger partial charge on any atom is -0.351 e. The van der Waals surface area contributed by atoms with Crippen LogP contribution in [-0.4, -0.2) is 44.7 Å². The molecular formula is C20H27FN4O+2. The zero-order valence-corrected chi connectivity index (χ0v) is 15.2. The Balaban J connectivity index is 1.42. The molecule has 2 heterocycles. The number of piperazine rings is 1. The number of rotatable bonds is 6. The maximum atomic E-state index is 12.9. The molecule has 0 radical (unpaired) electrons. The second-order valence-electron chi connectivity index (χ2n) is 6.78. The monoisotopic (exact) mass is 358 g/mol. The summed E-state index contributed by atoms with van der Waals surface area (Å²) in [7, 11) is 0. The Labute approximate surface area is 153 Å². The van der Waals surface area contributed by atoms with Gasteiger partial charge in [0.2, 0.25) is 0 Å². The van der Waals surface area contributed by atoms with Gasteiger partial charge >= 0.3 is 0 Å². The van der Waals surface area contributed by atoms with Gasteiger partial charge in [0.15, 0.2) is 6.04 Å². The number of hydrogen-bond acceptors (Lipinski definition) is 2. The minimum absolute atomic E-state index is 0.0647. The van der Waals surface area contributed by atoms with Gasteiger partial charge in [0.25, 0.3) is 11.7 Å². The van der Waals surface area contributed by atoms with Gasteiger partial charge in [0.1, 0.15) is 32.0 Å². The SMILES string of the molecule is C[C@H](C(=O)NCCc1ccc(F)cc1)[NH+]1CCN(c2cccc[nH+]2)CC1. The van der Waals surface area contributed by atoms with E-state index >= 15 is 0 Å². The molecule has 1 fully saturated rings. The van der Waals surface area contributed by atoms with Crippen LogP contribution in [0.4, 0.5) is 10.2 Å². The smallest absolute Gasteiger partial charge is 0.278 e. The van der Waals surface area contributed by atoms with Crippen molar-refractivity contribution >= 4 is 11.7 Å². The van der Waals surface area contributed by atoms with E-state index in [1.54, 1.807) is 12.1 Å². The van der Waals surface area contributed by atoms with E-state index < -0.39 is 0 Å². The molecular weight excluding hydrogens is 331 g/mol. The molecule has 3 rings (SSSR count). The van der Waals surface area contributed by atoms with Crippen molar-refractivity contribution in [2.45, 2.75) is 19.4 Å². The summed E-state index contributed by atoms with van der Waals surface area (Å²) in [5, 5.41) is 3.01. The first-order valence-electron chi connectivity index (χ1n) is 9.22. The fourth-order valence-electron chi connectivity index (χ4n) is 3.37. The third-order valence-corrected chi connectivity index (χ3v) is 5.07. The topological polar surface area (TPSA) is 50.9 Å². The van der Waals surface area contributed by atoms with Crippen molar-refractivity contribution in [3.8, 4) is 0 Å². The van der Waals surface area contributed by atoms with Gasteiger partial charge in [-0.25, -0.2) is 9.37 Å². The van der Waals surface area contributed by atoms with Crippen LogP contribution >= 0.6 is 0 Å². The van der Waals surface area contributed by atoms with Gasteiger partial charge in [0.05, 0.1) is 6.20 Å². The van der Waals surface area contributed by atoms with Crippen molar-refractivity contribution in [2.75, 3.05) is 37.6 Å². The second kappa shape index (κ2) is 8.76. The average Bonchev–Trinajstić information content (AvgIpc) is 2.69. The molecule has 1 aliphatic heterocycles. The fourth-order valence-corrected chi connectivity index (χ4v) is 3.37. The molecule has 26 heavy (non-hydrogen) atoms. The van der Waals surface area contributed by atoms with E-state index in [1.807, 2.05) is 25.3 Å². The first-order valence-corrected chi connectivity index (χ1v) is 9.22. The van der Waals surface area contributed by atoms with Crippen LogP contribution in [0.15, 0.2) is 48.7 Å². The van der Waals surface area contributed by atoms with E-state index in [9.17, 15) is 9.18 Å². The molecule has 1 atom stereocenters. The number of halogens is 1. The number of nitrogens with zero attached hydrogens (tertiary/aromatic N) is 1. The lowest BCUT2D eigenvalue weighted by Crippen LogP contribution is -3.19. The lowest BCUT2D eigenvalue weighted by atomic mass is 10.1. The van der Waals surface area contributed by atoms with E-state index in [-0.39, 0.29) is 17.8 Å². The molecule has 1 aromatic carbocycles. The highest BCUT2D eigenvalue weighted by atomic mass is 19.1. The van der Waals surface area contributed by atoms with Crippen LogP contribution in [0.2, 0.25) is 0 Å². The lowest BCUT2D eigenvalue weighted by molar-refractivity contribution is -0.914. The van der Waals surface area contributed by atoms with Crippen molar-refractivity contribution in [3.05, 3.63) is 60.0 Å². The molecule has 1 aliphatic rings. The largest absolute Gasteiger partial charge is 0.351 e. The number of benzene rings is 1. The van der Waals surface area contributed by atoms with Crippen molar-refractivity contribution in [3.63, 3.8) is 0 Å². The summed E-state index contributed by atoms with van der Waals surface area (Å²) in [6, 6.07) is 12.4. The Morgan fingerprint density at radius 2 is 1.96 bits per heavy atom. The number of aromatic amines is 1. The third-order valence-electron chi connectivity index (χ3n) is 5.07. The number of nitrogens with one attached hydrogen (secondary N) is 3. The highest BCUT2D eigenvalue weighted by Gasteiger charge is 2.32. The molecule has 3 N–H and O–H groups in total. The minimum atomic E-state index is -0.234. The van der Waals surface area contributed by atoms with E-state index in [1.165, 1.54) is 17.0 Å².